The Bertz CT molecular complexity index is 588. The summed E-state index contributed by atoms with van der Waals surface area (Å²) in [4.78, 5) is 25.6. The summed E-state index contributed by atoms with van der Waals surface area (Å²) in [7, 11) is 3.12. The van der Waals surface area contributed by atoms with Crippen LogP contribution in [0.3, 0.4) is 0 Å². The molecular formula is C18H25NO5. The van der Waals surface area contributed by atoms with E-state index in [-0.39, 0.29) is 18.4 Å². The van der Waals surface area contributed by atoms with Gasteiger partial charge in [0.1, 0.15) is 11.5 Å². The third kappa shape index (κ3) is 3.99. The number of hydrogen-bond acceptors (Lipinski definition) is 4. The van der Waals surface area contributed by atoms with E-state index in [2.05, 4.69) is 0 Å². The van der Waals surface area contributed by atoms with E-state index in [0.717, 1.165) is 24.8 Å². The van der Waals surface area contributed by atoms with Crippen LogP contribution in [0, 0.1) is 6.92 Å². The van der Waals surface area contributed by atoms with Gasteiger partial charge in [0.15, 0.2) is 0 Å². The average molecular weight is 335 g/mol. The van der Waals surface area contributed by atoms with Crippen LogP contribution in [0.2, 0.25) is 0 Å². The van der Waals surface area contributed by atoms with E-state index in [1.54, 1.807) is 31.3 Å². The fourth-order valence-corrected chi connectivity index (χ4v) is 3.23. The lowest BCUT2D eigenvalue weighted by Crippen LogP contribution is -2.44. The van der Waals surface area contributed by atoms with Crippen LogP contribution in [0.1, 0.15) is 48.0 Å². The second-order valence-electron chi connectivity index (χ2n) is 6.09. The lowest BCUT2D eigenvalue weighted by Gasteiger charge is -2.36. The highest BCUT2D eigenvalue weighted by molar-refractivity contribution is 5.95. The number of likely N-dealkylation sites (tertiary alicyclic amines) is 1. The first-order chi connectivity index (χ1) is 11.5. The van der Waals surface area contributed by atoms with Crippen molar-refractivity contribution in [1.29, 1.82) is 0 Å². The van der Waals surface area contributed by atoms with Crippen molar-refractivity contribution in [2.45, 2.75) is 45.1 Å². The predicted octanol–water partition coefficient (Wildman–Crippen LogP) is 2.87. The molecule has 1 heterocycles. The summed E-state index contributed by atoms with van der Waals surface area (Å²) in [5.74, 6) is 0.293. The standard InChI is InChI=1S/C18H25NO5/c1-12-15(23-2)10-13(11-16(12)24-3)18(22)19-9-5-4-6-14(19)7-8-17(20)21/h10-11,14H,4-9H2,1-3H3,(H,20,21)/t14-/m0/s1. The summed E-state index contributed by atoms with van der Waals surface area (Å²) in [6, 6.07) is 3.42. The number of nitrogens with zero attached hydrogens (tertiary/aromatic N) is 1. The first-order valence-corrected chi connectivity index (χ1v) is 8.23. The Morgan fingerprint density at radius 1 is 1.21 bits per heavy atom. The lowest BCUT2D eigenvalue weighted by molar-refractivity contribution is -0.137. The molecule has 0 aliphatic carbocycles. The van der Waals surface area contributed by atoms with E-state index in [0.29, 0.717) is 30.0 Å². The minimum atomic E-state index is -0.827. The third-order valence-corrected chi connectivity index (χ3v) is 4.58. The molecule has 24 heavy (non-hydrogen) atoms. The summed E-state index contributed by atoms with van der Waals surface area (Å²) in [5.41, 5.74) is 1.36. The minimum absolute atomic E-state index is 0.0272. The Balaban J connectivity index is 2.26. The van der Waals surface area contributed by atoms with Crippen molar-refractivity contribution in [3.05, 3.63) is 23.3 Å². The van der Waals surface area contributed by atoms with Gasteiger partial charge < -0.3 is 19.5 Å². The van der Waals surface area contributed by atoms with Crippen molar-refractivity contribution in [3.63, 3.8) is 0 Å². The van der Waals surface area contributed by atoms with Crippen molar-refractivity contribution < 1.29 is 24.2 Å². The highest BCUT2D eigenvalue weighted by Gasteiger charge is 2.28. The largest absolute Gasteiger partial charge is 0.496 e. The molecule has 0 unspecified atom stereocenters. The first-order valence-electron chi connectivity index (χ1n) is 8.23. The van der Waals surface area contributed by atoms with Crippen LogP contribution in [-0.2, 0) is 4.79 Å². The Morgan fingerprint density at radius 2 is 1.83 bits per heavy atom. The molecule has 1 saturated heterocycles. The Morgan fingerprint density at radius 3 is 2.38 bits per heavy atom. The molecule has 1 N–H and O–H groups in total. The zero-order chi connectivity index (χ0) is 17.7. The molecule has 2 rings (SSSR count). The van der Waals surface area contributed by atoms with Crippen LogP contribution < -0.4 is 9.47 Å². The van der Waals surface area contributed by atoms with Gasteiger partial charge in [-0.15, -0.1) is 0 Å². The number of carboxylic acid groups (broad SMARTS) is 1. The quantitative estimate of drug-likeness (QED) is 0.865. The summed E-state index contributed by atoms with van der Waals surface area (Å²) in [5, 5.41) is 8.92. The maximum absolute atomic E-state index is 13.0. The highest BCUT2D eigenvalue weighted by Crippen LogP contribution is 2.31. The van der Waals surface area contributed by atoms with E-state index in [1.807, 2.05) is 6.92 Å². The van der Waals surface area contributed by atoms with Gasteiger partial charge in [-0.05, 0) is 44.7 Å². The highest BCUT2D eigenvalue weighted by atomic mass is 16.5. The Hall–Kier alpha value is -2.24. The maximum Gasteiger partial charge on any atom is 0.303 e. The van der Waals surface area contributed by atoms with Crippen molar-refractivity contribution >= 4 is 11.9 Å². The molecule has 0 spiro atoms. The number of hydrogen-bond donors (Lipinski definition) is 1. The van der Waals surface area contributed by atoms with Crippen molar-refractivity contribution in [2.75, 3.05) is 20.8 Å². The number of amides is 1. The van der Waals surface area contributed by atoms with E-state index >= 15 is 0 Å². The molecule has 1 fully saturated rings. The third-order valence-electron chi connectivity index (χ3n) is 4.58. The number of piperidine rings is 1. The molecule has 0 bridgehead atoms. The number of carboxylic acids is 1. The second kappa shape index (κ2) is 8.04. The predicted molar refractivity (Wildman–Crippen MR) is 89.8 cm³/mol. The normalized spacial score (nSPS) is 17.5. The fraction of sp³-hybridized carbons (Fsp3) is 0.556. The molecule has 1 atom stereocenters. The summed E-state index contributed by atoms with van der Waals surface area (Å²) in [6.07, 6.45) is 3.37. The van der Waals surface area contributed by atoms with Gasteiger partial charge in [-0.25, -0.2) is 0 Å². The first kappa shape index (κ1) is 18.1. The van der Waals surface area contributed by atoms with Crippen LogP contribution in [0.5, 0.6) is 11.5 Å². The van der Waals surface area contributed by atoms with Crippen molar-refractivity contribution in [3.8, 4) is 11.5 Å². The van der Waals surface area contributed by atoms with E-state index in [9.17, 15) is 9.59 Å². The fourth-order valence-electron chi connectivity index (χ4n) is 3.23. The van der Waals surface area contributed by atoms with Gasteiger partial charge in [-0.3, -0.25) is 9.59 Å². The SMILES string of the molecule is COc1cc(C(=O)N2CCCC[C@H]2CCC(=O)O)cc(OC)c1C. The zero-order valence-corrected chi connectivity index (χ0v) is 14.5. The maximum atomic E-state index is 13.0. The molecule has 6 heteroatoms. The molecule has 1 aliphatic rings. The number of ether oxygens (including phenoxy) is 2. The van der Waals surface area contributed by atoms with Crippen LogP contribution in [0.15, 0.2) is 12.1 Å². The number of carbonyl (C=O) groups excluding carboxylic acids is 1. The molecule has 0 aromatic heterocycles. The van der Waals surface area contributed by atoms with Crippen LogP contribution >= 0.6 is 0 Å². The van der Waals surface area contributed by atoms with E-state index < -0.39 is 5.97 Å². The topological polar surface area (TPSA) is 76.1 Å². The number of methoxy groups -OCH3 is 2. The zero-order valence-electron chi connectivity index (χ0n) is 14.5. The second-order valence-corrected chi connectivity index (χ2v) is 6.09. The van der Waals surface area contributed by atoms with E-state index in [4.69, 9.17) is 14.6 Å². The number of carbonyl (C=O) groups is 2. The van der Waals surface area contributed by atoms with E-state index in [1.165, 1.54) is 0 Å². The molecule has 0 radical (unpaired) electrons. The molecule has 6 nitrogen and oxygen atoms in total. The molecule has 1 aliphatic heterocycles. The molecule has 1 amide bonds. The van der Waals surface area contributed by atoms with Gasteiger partial charge in [0.05, 0.1) is 14.2 Å². The minimum Gasteiger partial charge on any atom is -0.496 e. The number of aliphatic carboxylic acids is 1. The summed E-state index contributed by atoms with van der Waals surface area (Å²) >= 11 is 0. The van der Waals surface area contributed by atoms with Gasteiger partial charge >= 0.3 is 5.97 Å². The number of rotatable bonds is 6. The van der Waals surface area contributed by atoms with Crippen LogP contribution in [0.4, 0.5) is 0 Å². The monoisotopic (exact) mass is 335 g/mol. The van der Waals surface area contributed by atoms with Gasteiger partial charge in [-0.2, -0.15) is 0 Å². The van der Waals surface area contributed by atoms with Gasteiger partial charge in [-0.1, -0.05) is 0 Å². The van der Waals surface area contributed by atoms with Gasteiger partial charge in [0, 0.05) is 30.1 Å². The van der Waals surface area contributed by atoms with Crippen molar-refractivity contribution in [1.82, 2.24) is 4.90 Å². The summed E-state index contributed by atoms with van der Waals surface area (Å²) < 4.78 is 10.7. The van der Waals surface area contributed by atoms with Crippen LogP contribution in [-0.4, -0.2) is 48.7 Å². The Kier molecular flexibility index (Phi) is 6.06. The smallest absolute Gasteiger partial charge is 0.303 e. The average Bonchev–Trinajstić information content (AvgIpc) is 2.59. The van der Waals surface area contributed by atoms with Crippen molar-refractivity contribution in [2.24, 2.45) is 0 Å². The molecule has 132 valence electrons. The molecule has 1 aromatic carbocycles. The van der Waals surface area contributed by atoms with Gasteiger partial charge in [0.25, 0.3) is 5.91 Å². The lowest BCUT2D eigenvalue weighted by atomic mass is 9.96. The molecule has 0 saturated carbocycles. The van der Waals surface area contributed by atoms with Crippen LogP contribution in [0.25, 0.3) is 0 Å². The molecular weight excluding hydrogens is 310 g/mol. The Labute approximate surface area is 142 Å². The molecule has 1 aromatic rings. The van der Waals surface area contributed by atoms with Gasteiger partial charge in [0.2, 0.25) is 0 Å². The summed E-state index contributed by atoms with van der Waals surface area (Å²) in [6.45, 7) is 2.53. The number of benzene rings is 1.